The van der Waals surface area contributed by atoms with Crippen molar-refractivity contribution in [3.63, 3.8) is 0 Å². The summed E-state index contributed by atoms with van der Waals surface area (Å²) in [5.41, 5.74) is 0.877. The highest BCUT2D eigenvalue weighted by molar-refractivity contribution is 8.00. The van der Waals surface area contributed by atoms with Crippen molar-refractivity contribution in [2.45, 2.75) is 69.4 Å². The van der Waals surface area contributed by atoms with Gasteiger partial charge in [0.25, 0.3) is 0 Å². The third kappa shape index (κ3) is 3.88. The van der Waals surface area contributed by atoms with Crippen LogP contribution in [0.2, 0.25) is 0 Å². The molecule has 0 aliphatic carbocycles. The van der Waals surface area contributed by atoms with Crippen molar-refractivity contribution in [3.05, 3.63) is 17.2 Å². The summed E-state index contributed by atoms with van der Waals surface area (Å²) in [6, 6.07) is 1.88. The lowest BCUT2D eigenvalue weighted by Gasteiger charge is -2.29. The Hall–Kier alpha value is -1.36. The number of phenolic OH excluding ortho intramolecular Hbond substituents is 2. The van der Waals surface area contributed by atoms with E-state index in [0.29, 0.717) is 10.5 Å². The summed E-state index contributed by atoms with van der Waals surface area (Å²) >= 11 is 1.06. The van der Waals surface area contributed by atoms with Gasteiger partial charge in [-0.05, 0) is 29.4 Å². The van der Waals surface area contributed by atoms with Crippen molar-refractivity contribution in [2.24, 2.45) is 0 Å². The zero-order valence-corrected chi connectivity index (χ0v) is 15.1. The van der Waals surface area contributed by atoms with Gasteiger partial charge in [0.05, 0.1) is 4.90 Å². The van der Waals surface area contributed by atoms with Crippen molar-refractivity contribution in [1.29, 1.82) is 0 Å². The van der Waals surface area contributed by atoms with Crippen LogP contribution < -0.4 is 0 Å². The molecule has 1 aromatic carbocycles. The minimum atomic E-state index is -0.955. The molecule has 0 aliphatic rings. The summed E-state index contributed by atoms with van der Waals surface area (Å²) in [6.45, 7) is 13.4. The first-order chi connectivity index (χ1) is 9.76. The Balaban J connectivity index is 3.62. The molecule has 124 valence electrons. The Morgan fingerprint density at radius 1 is 1.00 bits per heavy atom. The van der Waals surface area contributed by atoms with Gasteiger partial charge >= 0.3 is 5.97 Å². The third-order valence-corrected chi connectivity index (χ3v) is 4.69. The van der Waals surface area contributed by atoms with Crippen LogP contribution in [-0.2, 0) is 15.6 Å². The van der Waals surface area contributed by atoms with Gasteiger partial charge in [0.1, 0.15) is 5.25 Å². The van der Waals surface area contributed by atoms with Crippen molar-refractivity contribution >= 4 is 17.7 Å². The number of thioether (sulfide) groups is 1. The maximum Gasteiger partial charge on any atom is 0.316 e. The van der Waals surface area contributed by atoms with E-state index < -0.39 is 11.2 Å². The van der Waals surface area contributed by atoms with Crippen LogP contribution >= 0.6 is 11.8 Å². The van der Waals surface area contributed by atoms with Gasteiger partial charge in [0.2, 0.25) is 0 Å². The van der Waals surface area contributed by atoms with Crippen molar-refractivity contribution in [2.75, 3.05) is 0 Å². The van der Waals surface area contributed by atoms with Gasteiger partial charge in [0.15, 0.2) is 11.5 Å². The van der Waals surface area contributed by atoms with E-state index in [9.17, 15) is 15.0 Å². The summed E-state index contributed by atoms with van der Waals surface area (Å²) < 4.78 is 0. The predicted octanol–water partition coefficient (Wildman–Crippen LogP) is 4.26. The first-order valence-electron chi connectivity index (χ1n) is 7.26. The molecule has 3 N–H and O–H groups in total. The maximum atomic E-state index is 11.1. The smallest absolute Gasteiger partial charge is 0.316 e. The molecule has 1 unspecified atom stereocenters. The molecule has 0 amide bonds. The van der Waals surface area contributed by atoms with Gasteiger partial charge in [-0.15, -0.1) is 11.8 Å². The highest BCUT2D eigenvalue weighted by Crippen LogP contribution is 2.49. The molecule has 0 radical (unpaired) electrons. The summed E-state index contributed by atoms with van der Waals surface area (Å²) in [5, 5.41) is 29.2. The summed E-state index contributed by atoms with van der Waals surface area (Å²) in [6.07, 6.45) is 0. The Bertz CT molecular complexity index is 580. The Morgan fingerprint density at radius 2 is 1.45 bits per heavy atom. The van der Waals surface area contributed by atoms with Gasteiger partial charge in [-0.1, -0.05) is 41.5 Å². The van der Waals surface area contributed by atoms with E-state index in [-0.39, 0.29) is 22.3 Å². The number of rotatable bonds is 3. The van der Waals surface area contributed by atoms with Crippen molar-refractivity contribution < 1.29 is 20.1 Å². The van der Waals surface area contributed by atoms with E-state index in [4.69, 9.17) is 5.11 Å². The van der Waals surface area contributed by atoms with Gasteiger partial charge in [-0.25, -0.2) is 0 Å². The summed E-state index contributed by atoms with van der Waals surface area (Å²) in [5.74, 6) is -1.35. The fraction of sp³-hybridized carbons (Fsp3) is 0.588. The molecule has 1 rings (SSSR count). The second-order valence-corrected chi connectivity index (χ2v) is 8.95. The fourth-order valence-electron chi connectivity index (χ4n) is 2.12. The molecule has 0 aromatic heterocycles. The lowest BCUT2D eigenvalue weighted by atomic mass is 9.80. The minimum Gasteiger partial charge on any atom is -0.504 e. The monoisotopic (exact) mass is 326 g/mol. The van der Waals surface area contributed by atoms with E-state index in [1.165, 1.54) is 0 Å². The molecular weight excluding hydrogens is 300 g/mol. The topological polar surface area (TPSA) is 77.8 Å². The molecule has 0 saturated carbocycles. The molecule has 0 fully saturated rings. The molecule has 0 heterocycles. The molecule has 5 heteroatoms. The number of aromatic hydroxyl groups is 2. The maximum absolute atomic E-state index is 11.1. The summed E-state index contributed by atoms with van der Waals surface area (Å²) in [7, 11) is 0. The number of carboxylic acid groups (broad SMARTS) is 1. The van der Waals surface area contributed by atoms with Crippen LogP contribution in [-0.4, -0.2) is 26.5 Å². The Morgan fingerprint density at radius 3 is 1.82 bits per heavy atom. The Kier molecular flexibility index (Phi) is 5.12. The fourth-order valence-corrected chi connectivity index (χ4v) is 3.27. The zero-order valence-electron chi connectivity index (χ0n) is 14.3. The molecule has 0 bridgehead atoms. The average Bonchev–Trinajstić information content (AvgIpc) is 2.31. The van der Waals surface area contributed by atoms with Crippen molar-refractivity contribution in [1.82, 2.24) is 0 Å². The lowest BCUT2D eigenvalue weighted by molar-refractivity contribution is -0.136. The largest absolute Gasteiger partial charge is 0.504 e. The number of hydrogen-bond donors (Lipinski definition) is 3. The number of carbonyl (C=O) groups is 1. The number of aliphatic carboxylic acids is 1. The standard InChI is InChI=1S/C17H26O4S/c1-9(15(20)21)22-14-11(17(5,6)7)8-10(16(2,3)4)12(18)13(14)19/h8-9,18-19H,1-7H3,(H,20,21). The minimum absolute atomic E-state index is 0.166. The van der Waals surface area contributed by atoms with E-state index in [0.717, 1.165) is 17.3 Å². The normalized spacial score (nSPS) is 14.0. The van der Waals surface area contributed by atoms with E-state index in [1.54, 1.807) is 6.92 Å². The molecule has 4 nitrogen and oxygen atoms in total. The number of benzene rings is 1. The molecule has 0 saturated heterocycles. The zero-order chi connectivity index (χ0) is 17.5. The third-order valence-electron chi connectivity index (χ3n) is 3.49. The van der Waals surface area contributed by atoms with Gasteiger partial charge in [-0.2, -0.15) is 0 Å². The number of phenols is 2. The quantitative estimate of drug-likeness (QED) is 0.571. The van der Waals surface area contributed by atoms with Crippen LogP contribution in [0.1, 0.15) is 59.6 Å². The molecular formula is C17H26O4S. The highest BCUT2D eigenvalue weighted by Gasteiger charge is 2.30. The van der Waals surface area contributed by atoms with Crippen LogP contribution in [0.5, 0.6) is 11.5 Å². The molecule has 1 aromatic rings. The highest BCUT2D eigenvalue weighted by atomic mass is 32.2. The van der Waals surface area contributed by atoms with E-state index in [1.807, 2.05) is 47.6 Å². The lowest BCUT2D eigenvalue weighted by Crippen LogP contribution is -2.19. The van der Waals surface area contributed by atoms with Crippen LogP contribution in [0, 0.1) is 0 Å². The van der Waals surface area contributed by atoms with Gasteiger partial charge < -0.3 is 15.3 Å². The van der Waals surface area contributed by atoms with E-state index in [2.05, 4.69) is 0 Å². The van der Waals surface area contributed by atoms with Crippen LogP contribution in [0.25, 0.3) is 0 Å². The van der Waals surface area contributed by atoms with E-state index >= 15 is 0 Å². The van der Waals surface area contributed by atoms with Gasteiger partial charge in [-0.3, -0.25) is 4.79 Å². The average molecular weight is 326 g/mol. The van der Waals surface area contributed by atoms with Gasteiger partial charge in [0, 0.05) is 5.56 Å². The SMILES string of the molecule is CC(Sc1c(C(C)(C)C)cc(C(C)(C)C)c(O)c1O)C(=O)O. The predicted molar refractivity (Wildman–Crippen MR) is 90.1 cm³/mol. The first kappa shape index (κ1) is 18.7. The molecule has 22 heavy (non-hydrogen) atoms. The number of carboxylic acids is 1. The van der Waals surface area contributed by atoms with Crippen LogP contribution in [0.3, 0.4) is 0 Å². The second-order valence-electron chi connectivity index (χ2n) is 7.60. The van der Waals surface area contributed by atoms with Crippen LogP contribution in [0.15, 0.2) is 11.0 Å². The molecule has 1 atom stereocenters. The molecule has 0 aliphatic heterocycles. The number of hydrogen-bond acceptors (Lipinski definition) is 4. The second kappa shape index (κ2) is 6.03. The summed E-state index contributed by atoms with van der Waals surface area (Å²) in [4.78, 5) is 11.6. The molecule has 0 spiro atoms. The first-order valence-corrected chi connectivity index (χ1v) is 8.14. The van der Waals surface area contributed by atoms with Crippen LogP contribution in [0.4, 0.5) is 0 Å². The Labute approximate surface area is 136 Å². The van der Waals surface area contributed by atoms with Crippen molar-refractivity contribution in [3.8, 4) is 11.5 Å².